The zero-order valence-corrected chi connectivity index (χ0v) is 20.1. The number of aromatic nitrogens is 1. The lowest BCUT2D eigenvalue weighted by atomic mass is 9.99. The van der Waals surface area contributed by atoms with Gasteiger partial charge in [0.15, 0.2) is 0 Å². The highest BCUT2D eigenvalue weighted by Crippen LogP contribution is 2.25. The molecule has 0 atom stereocenters. The van der Waals surface area contributed by atoms with Gasteiger partial charge in [0, 0.05) is 12.7 Å². The molecule has 0 radical (unpaired) electrons. The van der Waals surface area contributed by atoms with Crippen LogP contribution in [-0.4, -0.2) is 30.2 Å². The number of ether oxygens (including phenoxy) is 2. The second-order valence-electron chi connectivity index (χ2n) is 8.67. The van der Waals surface area contributed by atoms with Gasteiger partial charge in [0.2, 0.25) is 0 Å². The maximum atomic E-state index is 12.7. The summed E-state index contributed by atoms with van der Waals surface area (Å²) >= 11 is 1.64. The smallest absolute Gasteiger partial charge is 0.272 e. The van der Waals surface area contributed by atoms with Crippen LogP contribution in [0.25, 0.3) is 10.2 Å². The Balaban J connectivity index is 1.10. The molecule has 0 unspecified atom stereocenters. The Bertz CT molecular complexity index is 1240. The van der Waals surface area contributed by atoms with E-state index in [9.17, 15) is 4.79 Å². The number of carbonyl (C=O) groups excluding carboxylic acids is 1. The van der Waals surface area contributed by atoms with Crippen LogP contribution in [-0.2, 0) is 13.7 Å². The third-order valence-corrected chi connectivity index (χ3v) is 7.14. The number of thiophene rings is 1. The quantitative estimate of drug-likeness (QED) is 0.356. The summed E-state index contributed by atoms with van der Waals surface area (Å²) in [5.41, 5.74) is 3.51. The van der Waals surface area contributed by atoms with E-state index in [2.05, 4.69) is 10.6 Å². The van der Waals surface area contributed by atoms with E-state index >= 15 is 0 Å². The number of carbonyl (C=O) groups is 1. The molecular weight excluding hydrogens is 446 g/mol. The lowest BCUT2D eigenvalue weighted by Gasteiger charge is -2.22. The number of benzene rings is 2. The van der Waals surface area contributed by atoms with Crippen molar-refractivity contribution in [3.8, 4) is 11.5 Å². The van der Waals surface area contributed by atoms with E-state index in [0.29, 0.717) is 18.2 Å². The summed E-state index contributed by atoms with van der Waals surface area (Å²) in [6, 6.07) is 19.5. The van der Waals surface area contributed by atoms with Gasteiger partial charge in [0.1, 0.15) is 23.8 Å². The molecule has 34 heavy (non-hydrogen) atoms. The van der Waals surface area contributed by atoms with Gasteiger partial charge in [-0.15, -0.1) is 11.3 Å². The van der Waals surface area contributed by atoms with Crippen molar-refractivity contribution >= 4 is 33.1 Å². The SMILES string of the molecule is Cn1c(C(=O)Nc2ccc(COc3ccc(OCC4CCNCC4)cc3)cc2)cc2sccc21. The summed E-state index contributed by atoms with van der Waals surface area (Å²) in [4.78, 5) is 12.7. The number of nitrogens with one attached hydrogen (secondary N) is 2. The van der Waals surface area contributed by atoms with Gasteiger partial charge < -0.3 is 24.7 Å². The van der Waals surface area contributed by atoms with Crippen LogP contribution in [0.3, 0.4) is 0 Å². The van der Waals surface area contributed by atoms with Crippen LogP contribution in [0.5, 0.6) is 11.5 Å². The van der Waals surface area contributed by atoms with Crippen molar-refractivity contribution in [1.82, 2.24) is 9.88 Å². The number of piperidine rings is 1. The molecule has 4 aromatic rings. The van der Waals surface area contributed by atoms with Crippen LogP contribution in [0.4, 0.5) is 5.69 Å². The summed E-state index contributed by atoms with van der Waals surface area (Å²) in [7, 11) is 1.91. The molecule has 0 spiro atoms. The maximum Gasteiger partial charge on any atom is 0.272 e. The van der Waals surface area contributed by atoms with E-state index < -0.39 is 0 Å². The number of rotatable bonds is 8. The van der Waals surface area contributed by atoms with Gasteiger partial charge in [-0.3, -0.25) is 4.79 Å². The number of anilines is 1. The van der Waals surface area contributed by atoms with Crippen molar-refractivity contribution in [2.45, 2.75) is 19.4 Å². The zero-order valence-electron chi connectivity index (χ0n) is 19.3. The molecule has 2 N–H and O–H groups in total. The second kappa shape index (κ2) is 10.3. The number of amides is 1. The molecule has 176 valence electrons. The van der Waals surface area contributed by atoms with Crippen LogP contribution in [0, 0.1) is 5.92 Å². The number of hydrogen-bond donors (Lipinski definition) is 2. The van der Waals surface area contributed by atoms with Crippen molar-refractivity contribution in [2.24, 2.45) is 13.0 Å². The fraction of sp³-hybridized carbons (Fsp3) is 0.296. The van der Waals surface area contributed by atoms with Crippen LogP contribution < -0.4 is 20.1 Å². The number of aryl methyl sites for hydroxylation is 1. The molecule has 5 rings (SSSR count). The number of fused-ring (bicyclic) bond motifs is 1. The molecule has 2 aromatic heterocycles. The summed E-state index contributed by atoms with van der Waals surface area (Å²) in [5, 5.41) is 8.39. The second-order valence-corrected chi connectivity index (χ2v) is 9.62. The fourth-order valence-electron chi connectivity index (χ4n) is 4.21. The maximum absolute atomic E-state index is 12.7. The Kier molecular flexibility index (Phi) is 6.83. The van der Waals surface area contributed by atoms with Crippen LogP contribution in [0.2, 0.25) is 0 Å². The molecular formula is C27H29N3O3S. The molecule has 3 heterocycles. The number of nitrogens with zero attached hydrogens (tertiary/aromatic N) is 1. The van der Waals surface area contributed by atoms with Crippen LogP contribution in [0.1, 0.15) is 28.9 Å². The summed E-state index contributed by atoms with van der Waals surface area (Å²) in [6.45, 7) is 3.39. The summed E-state index contributed by atoms with van der Waals surface area (Å²) in [5.74, 6) is 2.20. The topological polar surface area (TPSA) is 64.5 Å². The van der Waals surface area contributed by atoms with E-state index in [1.165, 1.54) is 12.8 Å². The highest BCUT2D eigenvalue weighted by atomic mass is 32.1. The highest BCUT2D eigenvalue weighted by Gasteiger charge is 2.15. The predicted molar refractivity (Wildman–Crippen MR) is 137 cm³/mol. The number of hydrogen-bond acceptors (Lipinski definition) is 5. The molecule has 7 heteroatoms. The Morgan fingerprint density at radius 3 is 2.44 bits per heavy atom. The molecule has 1 amide bonds. The van der Waals surface area contributed by atoms with Crippen molar-refractivity contribution in [3.63, 3.8) is 0 Å². The van der Waals surface area contributed by atoms with Crippen molar-refractivity contribution in [2.75, 3.05) is 25.0 Å². The van der Waals surface area contributed by atoms with Crippen molar-refractivity contribution in [3.05, 3.63) is 77.3 Å². The minimum atomic E-state index is -0.114. The average Bonchev–Trinajstić information content (AvgIpc) is 3.46. The third kappa shape index (κ3) is 5.26. The van der Waals surface area contributed by atoms with Gasteiger partial charge in [0.25, 0.3) is 5.91 Å². The van der Waals surface area contributed by atoms with Gasteiger partial charge in [0.05, 0.1) is 16.8 Å². The molecule has 1 aliphatic heterocycles. The van der Waals surface area contributed by atoms with Gasteiger partial charge >= 0.3 is 0 Å². The summed E-state index contributed by atoms with van der Waals surface area (Å²) in [6.07, 6.45) is 2.35. The molecule has 0 saturated carbocycles. The first-order chi connectivity index (χ1) is 16.7. The zero-order chi connectivity index (χ0) is 23.3. The average molecular weight is 476 g/mol. The molecule has 1 fully saturated rings. The van der Waals surface area contributed by atoms with E-state index in [1.807, 2.05) is 77.7 Å². The van der Waals surface area contributed by atoms with Crippen molar-refractivity contribution in [1.29, 1.82) is 0 Å². The van der Waals surface area contributed by atoms with E-state index in [1.54, 1.807) is 11.3 Å². The highest BCUT2D eigenvalue weighted by molar-refractivity contribution is 7.17. The van der Waals surface area contributed by atoms with Gasteiger partial charge in [-0.25, -0.2) is 0 Å². The van der Waals surface area contributed by atoms with Gasteiger partial charge in [-0.2, -0.15) is 0 Å². The monoisotopic (exact) mass is 475 g/mol. The first-order valence-corrected chi connectivity index (χ1v) is 12.5. The lowest BCUT2D eigenvalue weighted by molar-refractivity contribution is 0.101. The largest absolute Gasteiger partial charge is 0.493 e. The lowest BCUT2D eigenvalue weighted by Crippen LogP contribution is -2.30. The first-order valence-electron chi connectivity index (χ1n) is 11.7. The van der Waals surface area contributed by atoms with E-state index in [0.717, 1.165) is 52.7 Å². The van der Waals surface area contributed by atoms with Crippen LogP contribution >= 0.6 is 11.3 Å². The fourth-order valence-corrected chi connectivity index (χ4v) is 5.06. The Morgan fingerprint density at radius 2 is 1.74 bits per heavy atom. The van der Waals surface area contributed by atoms with Crippen molar-refractivity contribution < 1.29 is 14.3 Å². The minimum absolute atomic E-state index is 0.114. The summed E-state index contributed by atoms with van der Waals surface area (Å²) < 4.78 is 14.9. The normalized spacial score (nSPS) is 14.3. The van der Waals surface area contributed by atoms with E-state index in [-0.39, 0.29) is 5.91 Å². The standard InChI is InChI=1S/C27H29N3O3S/c1-30-24-12-15-34-26(24)16-25(30)27(31)29-21-4-2-19(3-5-21)17-32-22-6-8-23(9-7-22)33-18-20-10-13-28-14-11-20/h2-9,12,15-16,20,28H,10-11,13-14,17-18H2,1H3,(H,29,31). The predicted octanol–water partition coefficient (Wildman–Crippen LogP) is 5.45. The van der Waals surface area contributed by atoms with E-state index in [4.69, 9.17) is 9.47 Å². The molecule has 0 aliphatic carbocycles. The Labute approximate surface area is 203 Å². The minimum Gasteiger partial charge on any atom is -0.493 e. The molecule has 6 nitrogen and oxygen atoms in total. The molecule has 1 aliphatic rings. The Morgan fingerprint density at radius 1 is 1.03 bits per heavy atom. The van der Waals surface area contributed by atoms with Gasteiger partial charge in [-0.1, -0.05) is 12.1 Å². The van der Waals surface area contributed by atoms with Gasteiger partial charge in [-0.05, 0) is 91.3 Å². The molecule has 1 saturated heterocycles. The first kappa shape index (κ1) is 22.5. The van der Waals surface area contributed by atoms with Crippen LogP contribution in [0.15, 0.2) is 66.0 Å². The molecule has 0 bridgehead atoms. The molecule has 2 aromatic carbocycles. The Hall–Kier alpha value is -3.29. The third-order valence-electron chi connectivity index (χ3n) is 6.28.